The third-order valence-electron chi connectivity index (χ3n) is 4.90. The first-order valence-electron chi connectivity index (χ1n) is 8.89. The molecule has 1 N–H and O–H groups in total. The van der Waals surface area contributed by atoms with E-state index in [9.17, 15) is 18.0 Å². The number of carbonyl (C=O) groups is 1. The van der Waals surface area contributed by atoms with E-state index in [1.54, 1.807) is 17.0 Å². The van der Waals surface area contributed by atoms with Crippen LogP contribution in [0.1, 0.15) is 22.7 Å². The topological polar surface area (TPSA) is 32.3 Å². The molecule has 0 saturated heterocycles. The van der Waals surface area contributed by atoms with Crippen LogP contribution in [0.3, 0.4) is 0 Å². The summed E-state index contributed by atoms with van der Waals surface area (Å²) in [7, 11) is 0. The summed E-state index contributed by atoms with van der Waals surface area (Å²) in [4.78, 5) is 14.6. The van der Waals surface area contributed by atoms with Gasteiger partial charge in [0.2, 0.25) is 0 Å². The monoisotopic (exact) mass is 382 g/mol. The summed E-state index contributed by atoms with van der Waals surface area (Å²) < 4.78 is 40.0. The molecule has 1 aliphatic rings. The number of amides is 2. The number of hydrogen-bond donors (Lipinski definition) is 1. The fourth-order valence-electron chi connectivity index (χ4n) is 3.56. The Kier molecular flexibility index (Phi) is 4.77. The lowest BCUT2D eigenvalue weighted by molar-refractivity contribution is 0.194. The van der Waals surface area contributed by atoms with E-state index in [-0.39, 0.29) is 11.5 Å². The van der Waals surface area contributed by atoms with Crippen molar-refractivity contribution in [2.45, 2.75) is 12.5 Å². The van der Waals surface area contributed by atoms with Gasteiger partial charge in [-0.15, -0.1) is 0 Å². The highest BCUT2D eigenvalue weighted by Gasteiger charge is 2.32. The van der Waals surface area contributed by atoms with Crippen LogP contribution in [0.25, 0.3) is 0 Å². The molecule has 0 aliphatic carbocycles. The second kappa shape index (κ2) is 7.38. The van der Waals surface area contributed by atoms with Crippen molar-refractivity contribution in [2.75, 3.05) is 11.9 Å². The third kappa shape index (κ3) is 3.45. The van der Waals surface area contributed by atoms with Crippen molar-refractivity contribution in [2.24, 2.45) is 0 Å². The maximum atomic E-state index is 13.5. The largest absolute Gasteiger partial charge is 0.322 e. The minimum atomic E-state index is -1.03. The number of hydrogen-bond acceptors (Lipinski definition) is 1. The number of anilines is 1. The molecule has 3 nitrogen and oxygen atoms in total. The van der Waals surface area contributed by atoms with E-state index >= 15 is 0 Å². The summed E-state index contributed by atoms with van der Waals surface area (Å²) >= 11 is 0. The zero-order valence-electron chi connectivity index (χ0n) is 14.8. The Hall–Kier alpha value is -3.28. The number of halogens is 3. The number of rotatable bonds is 2. The summed E-state index contributed by atoms with van der Waals surface area (Å²) in [6.07, 6.45) is 0.666. The van der Waals surface area contributed by atoms with Crippen molar-refractivity contribution in [3.05, 3.63) is 101 Å². The van der Waals surface area contributed by atoms with E-state index in [0.29, 0.717) is 13.0 Å². The molecule has 1 aliphatic heterocycles. The Morgan fingerprint density at radius 1 is 0.929 bits per heavy atom. The molecular weight excluding hydrogens is 365 g/mol. The van der Waals surface area contributed by atoms with Crippen LogP contribution in [0.15, 0.2) is 66.7 Å². The van der Waals surface area contributed by atoms with Gasteiger partial charge in [-0.25, -0.2) is 18.0 Å². The fourth-order valence-corrected chi connectivity index (χ4v) is 3.56. The average Bonchev–Trinajstić information content (AvgIpc) is 2.70. The molecule has 2 amide bonds. The smallest absolute Gasteiger partial charge is 0.313 e. The summed E-state index contributed by atoms with van der Waals surface area (Å²) in [5.41, 5.74) is 3.02. The van der Waals surface area contributed by atoms with Gasteiger partial charge in [-0.05, 0) is 47.4 Å². The van der Waals surface area contributed by atoms with Crippen molar-refractivity contribution < 1.29 is 18.0 Å². The molecule has 0 radical (unpaired) electrons. The van der Waals surface area contributed by atoms with E-state index in [1.807, 2.05) is 24.3 Å². The summed E-state index contributed by atoms with van der Waals surface area (Å²) in [5, 5.41) is 2.63. The van der Waals surface area contributed by atoms with Crippen LogP contribution in [0.4, 0.5) is 23.7 Å². The zero-order valence-corrected chi connectivity index (χ0v) is 14.8. The second-order valence-corrected chi connectivity index (χ2v) is 6.66. The predicted octanol–water partition coefficient (Wildman–Crippen LogP) is 5.28. The number of nitrogens with one attached hydrogen (secondary N) is 1. The SMILES string of the molecule is O=C(Nc1ccc(F)c(F)c1)N1CCc2ccccc2C1c1ccc(F)cc1. The van der Waals surface area contributed by atoms with Gasteiger partial charge in [0.15, 0.2) is 11.6 Å². The van der Waals surface area contributed by atoms with Crippen LogP contribution in [0, 0.1) is 17.5 Å². The number of carbonyl (C=O) groups excluding carboxylic acids is 1. The van der Waals surface area contributed by atoms with E-state index in [4.69, 9.17) is 0 Å². The molecule has 3 aromatic carbocycles. The lowest BCUT2D eigenvalue weighted by Gasteiger charge is -2.37. The molecular formula is C22H17F3N2O. The Morgan fingerprint density at radius 2 is 1.68 bits per heavy atom. The van der Waals surface area contributed by atoms with Crippen LogP contribution < -0.4 is 5.32 Å². The molecule has 0 fully saturated rings. The summed E-state index contributed by atoms with van der Waals surface area (Å²) in [6.45, 7) is 0.439. The molecule has 1 unspecified atom stereocenters. The normalized spacial score (nSPS) is 15.8. The standard InChI is InChI=1S/C22H17F3N2O/c23-16-7-5-15(6-8-16)21-18-4-2-1-3-14(18)11-12-27(21)22(28)26-17-9-10-19(24)20(25)13-17/h1-10,13,21H,11-12H2,(H,26,28). The molecule has 28 heavy (non-hydrogen) atoms. The summed E-state index contributed by atoms with van der Waals surface area (Å²) in [6, 6.07) is 16.2. The van der Waals surface area contributed by atoms with E-state index in [0.717, 1.165) is 28.8 Å². The first-order valence-corrected chi connectivity index (χ1v) is 8.89. The fraction of sp³-hybridized carbons (Fsp3) is 0.136. The Morgan fingerprint density at radius 3 is 2.43 bits per heavy atom. The van der Waals surface area contributed by atoms with Gasteiger partial charge in [0, 0.05) is 18.3 Å². The molecule has 6 heteroatoms. The van der Waals surface area contributed by atoms with Crippen molar-refractivity contribution >= 4 is 11.7 Å². The number of benzene rings is 3. The van der Waals surface area contributed by atoms with Gasteiger partial charge >= 0.3 is 6.03 Å². The molecule has 1 atom stereocenters. The third-order valence-corrected chi connectivity index (χ3v) is 4.90. The summed E-state index contributed by atoms with van der Waals surface area (Å²) in [5.74, 6) is -2.36. The first kappa shape index (κ1) is 18.1. The van der Waals surface area contributed by atoms with Gasteiger partial charge in [-0.1, -0.05) is 36.4 Å². The maximum Gasteiger partial charge on any atom is 0.322 e. The predicted molar refractivity (Wildman–Crippen MR) is 100 cm³/mol. The minimum Gasteiger partial charge on any atom is -0.313 e. The van der Waals surface area contributed by atoms with E-state index in [1.165, 1.54) is 18.2 Å². The van der Waals surface area contributed by atoms with Crippen LogP contribution >= 0.6 is 0 Å². The van der Waals surface area contributed by atoms with Gasteiger partial charge in [0.25, 0.3) is 0 Å². The van der Waals surface area contributed by atoms with Gasteiger partial charge in [0.1, 0.15) is 5.82 Å². The Balaban J connectivity index is 1.68. The van der Waals surface area contributed by atoms with Crippen LogP contribution in [-0.2, 0) is 6.42 Å². The first-order chi connectivity index (χ1) is 13.5. The van der Waals surface area contributed by atoms with Crippen molar-refractivity contribution in [1.29, 1.82) is 0 Å². The lowest BCUT2D eigenvalue weighted by Crippen LogP contribution is -2.43. The molecule has 0 bridgehead atoms. The number of nitrogens with zero attached hydrogens (tertiary/aromatic N) is 1. The quantitative estimate of drug-likeness (QED) is 0.642. The molecule has 3 aromatic rings. The van der Waals surface area contributed by atoms with Crippen molar-refractivity contribution in [1.82, 2.24) is 4.90 Å². The van der Waals surface area contributed by atoms with Gasteiger partial charge in [-0.3, -0.25) is 0 Å². The molecule has 4 rings (SSSR count). The van der Waals surface area contributed by atoms with Crippen molar-refractivity contribution in [3.8, 4) is 0 Å². The van der Waals surface area contributed by atoms with E-state index in [2.05, 4.69) is 5.32 Å². The zero-order chi connectivity index (χ0) is 19.7. The molecule has 0 aromatic heterocycles. The van der Waals surface area contributed by atoms with E-state index < -0.39 is 23.7 Å². The van der Waals surface area contributed by atoms with Crippen LogP contribution in [0.5, 0.6) is 0 Å². The Bertz CT molecular complexity index is 1020. The minimum absolute atomic E-state index is 0.167. The average molecular weight is 382 g/mol. The van der Waals surface area contributed by atoms with Crippen LogP contribution in [0.2, 0.25) is 0 Å². The molecule has 0 saturated carbocycles. The van der Waals surface area contributed by atoms with Gasteiger partial charge in [-0.2, -0.15) is 0 Å². The van der Waals surface area contributed by atoms with Crippen molar-refractivity contribution in [3.63, 3.8) is 0 Å². The highest BCUT2D eigenvalue weighted by atomic mass is 19.2. The molecule has 1 heterocycles. The molecule has 142 valence electrons. The van der Waals surface area contributed by atoms with Gasteiger partial charge < -0.3 is 10.2 Å². The highest BCUT2D eigenvalue weighted by Crippen LogP contribution is 2.35. The number of fused-ring (bicyclic) bond motifs is 1. The van der Waals surface area contributed by atoms with Gasteiger partial charge in [0.05, 0.1) is 6.04 Å². The lowest BCUT2D eigenvalue weighted by atomic mass is 9.88. The van der Waals surface area contributed by atoms with Crippen LogP contribution in [-0.4, -0.2) is 17.5 Å². The Labute approximate surface area is 160 Å². The molecule has 0 spiro atoms. The second-order valence-electron chi connectivity index (χ2n) is 6.66. The maximum absolute atomic E-state index is 13.5. The number of urea groups is 1. The highest BCUT2D eigenvalue weighted by molar-refractivity contribution is 5.90.